The molecule has 134 valence electrons. The van der Waals surface area contributed by atoms with Crippen molar-refractivity contribution in [2.45, 2.75) is 49.5 Å². The van der Waals surface area contributed by atoms with Gasteiger partial charge in [-0.05, 0) is 50.3 Å². The van der Waals surface area contributed by atoms with Crippen molar-refractivity contribution in [1.82, 2.24) is 19.1 Å². The minimum Gasteiger partial charge on any atom is -0.314 e. The Bertz CT molecular complexity index is 884. The number of rotatable bonds is 4. The SMILES string of the molecule is Cc1ccc(F)cc1S(=O)(=O)N1CCC(n2cnnc2C2CC2)CC1. The van der Waals surface area contributed by atoms with Crippen LogP contribution in [0.5, 0.6) is 0 Å². The van der Waals surface area contributed by atoms with Crippen molar-refractivity contribution in [3.8, 4) is 0 Å². The fourth-order valence-corrected chi connectivity index (χ4v) is 5.22. The summed E-state index contributed by atoms with van der Waals surface area (Å²) >= 11 is 0. The molecule has 2 fully saturated rings. The van der Waals surface area contributed by atoms with E-state index in [2.05, 4.69) is 14.8 Å². The Hall–Kier alpha value is -1.80. The second kappa shape index (κ2) is 6.17. The second-order valence-corrected chi connectivity index (χ2v) is 8.82. The number of piperidine rings is 1. The van der Waals surface area contributed by atoms with E-state index in [1.54, 1.807) is 13.3 Å². The van der Waals surface area contributed by atoms with Crippen molar-refractivity contribution in [2.75, 3.05) is 13.1 Å². The van der Waals surface area contributed by atoms with Crippen LogP contribution in [0, 0.1) is 12.7 Å². The third-order valence-electron chi connectivity index (χ3n) is 5.13. The second-order valence-electron chi connectivity index (χ2n) is 6.92. The van der Waals surface area contributed by atoms with Gasteiger partial charge in [0.25, 0.3) is 0 Å². The van der Waals surface area contributed by atoms with E-state index in [-0.39, 0.29) is 10.9 Å². The smallest absolute Gasteiger partial charge is 0.243 e. The lowest BCUT2D eigenvalue weighted by Gasteiger charge is -2.32. The highest BCUT2D eigenvalue weighted by Gasteiger charge is 2.34. The lowest BCUT2D eigenvalue weighted by atomic mass is 10.1. The number of sulfonamides is 1. The van der Waals surface area contributed by atoms with Crippen LogP contribution in [-0.4, -0.2) is 40.6 Å². The van der Waals surface area contributed by atoms with E-state index in [0.29, 0.717) is 37.4 Å². The first-order valence-electron chi connectivity index (χ1n) is 8.62. The molecule has 8 heteroatoms. The Balaban J connectivity index is 1.51. The fraction of sp³-hybridized carbons (Fsp3) is 0.529. The molecular weight excluding hydrogens is 343 g/mol. The lowest BCUT2D eigenvalue weighted by Crippen LogP contribution is -2.39. The number of aryl methyl sites for hydroxylation is 1. The Morgan fingerprint density at radius 1 is 1.16 bits per heavy atom. The maximum absolute atomic E-state index is 13.5. The molecule has 25 heavy (non-hydrogen) atoms. The topological polar surface area (TPSA) is 68.1 Å². The van der Waals surface area contributed by atoms with Gasteiger partial charge in [-0.3, -0.25) is 0 Å². The largest absolute Gasteiger partial charge is 0.314 e. The minimum absolute atomic E-state index is 0.0638. The third-order valence-corrected chi connectivity index (χ3v) is 7.17. The summed E-state index contributed by atoms with van der Waals surface area (Å²) in [4.78, 5) is 0.0638. The monoisotopic (exact) mass is 364 g/mol. The van der Waals surface area contributed by atoms with Crippen molar-refractivity contribution in [1.29, 1.82) is 0 Å². The lowest BCUT2D eigenvalue weighted by molar-refractivity contribution is 0.270. The fourth-order valence-electron chi connectivity index (χ4n) is 3.52. The van der Waals surface area contributed by atoms with Crippen LogP contribution in [0.2, 0.25) is 0 Å². The van der Waals surface area contributed by atoms with Gasteiger partial charge in [-0.1, -0.05) is 6.07 Å². The number of halogens is 1. The molecular formula is C17H21FN4O2S. The summed E-state index contributed by atoms with van der Waals surface area (Å²) in [5.74, 6) is 1.01. The zero-order chi connectivity index (χ0) is 17.6. The van der Waals surface area contributed by atoms with Crippen LogP contribution in [0.25, 0.3) is 0 Å². The first-order chi connectivity index (χ1) is 12.0. The average molecular weight is 364 g/mol. The average Bonchev–Trinajstić information content (AvgIpc) is 3.34. The van der Waals surface area contributed by atoms with Gasteiger partial charge in [0.1, 0.15) is 18.0 Å². The summed E-state index contributed by atoms with van der Waals surface area (Å²) in [7, 11) is -3.67. The quantitative estimate of drug-likeness (QED) is 0.836. The molecule has 2 heterocycles. The highest BCUT2D eigenvalue weighted by atomic mass is 32.2. The van der Waals surface area contributed by atoms with E-state index >= 15 is 0 Å². The highest BCUT2D eigenvalue weighted by Crippen LogP contribution is 2.40. The standard InChI is InChI=1S/C17H21FN4O2S/c1-12-2-5-14(18)10-16(12)25(23,24)21-8-6-15(7-9-21)22-11-19-20-17(22)13-3-4-13/h2,5,10-11,13,15H,3-4,6-9H2,1H3. The Labute approximate surface area is 146 Å². The van der Waals surface area contributed by atoms with E-state index in [9.17, 15) is 12.8 Å². The van der Waals surface area contributed by atoms with Gasteiger partial charge < -0.3 is 4.57 Å². The van der Waals surface area contributed by atoms with E-state index < -0.39 is 15.8 Å². The minimum atomic E-state index is -3.67. The van der Waals surface area contributed by atoms with Crippen LogP contribution in [0.1, 0.15) is 49.0 Å². The van der Waals surface area contributed by atoms with Gasteiger partial charge in [0.2, 0.25) is 10.0 Å². The van der Waals surface area contributed by atoms with Crippen molar-refractivity contribution in [3.63, 3.8) is 0 Å². The van der Waals surface area contributed by atoms with Gasteiger partial charge in [-0.15, -0.1) is 10.2 Å². The van der Waals surface area contributed by atoms with Gasteiger partial charge in [0.15, 0.2) is 0 Å². The first-order valence-corrected chi connectivity index (χ1v) is 10.1. The summed E-state index contributed by atoms with van der Waals surface area (Å²) in [6.45, 7) is 2.54. The van der Waals surface area contributed by atoms with Crippen molar-refractivity contribution in [3.05, 3.63) is 41.7 Å². The summed E-state index contributed by atoms with van der Waals surface area (Å²) < 4.78 is 42.8. The number of nitrogens with zero attached hydrogens (tertiary/aromatic N) is 4. The van der Waals surface area contributed by atoms with E-state index in [1.807, 2.05) is 0 Å². The summed E-state index contributed by atoms with van der Waals surface area (Å²) in [6, 6.07) is 4.13. The molecule has 6 nitrogen and oxygen atoms in total. The molecule has 4 rings (SSSR count). The van der Waals surface area contributed by atoms with Crippen molar-refractivity contribution in [2.24, 2.45) is 0 Å². The molecule has 0 amide bonds. The van der Waals surface area contributed by atoms with Gasteiger partial charge >= 0.3 is 0 Å². The molecule has 0 atom stereocenters. The van der Waals surface area contributed by atoms with Crippen LogP contribution in [-0.2, 0) is 10.0 Å². The molecule has 0 spiro atoms. The molecule has 0 unspecified atom stereocenters. The third kappa shape index (κ3) is 3.08. The Morgan fingerprint density at radius 2 is 1.88 bits per heavy atom. The highest BCUT2D eigenvalue weighted by molar-refractivity contribution is 7.89. The molecule has 1 saturated carbocycles. The molecule has 2 aliphatic rings. The number of benzene rings is 1. The maximum atomic E-state index is 13.5. The van der Waals surface area contributed by atoms with Crippen LogP contribution in [0.4, 0.5) is 4.39 Å². The van der Waals surface area contributed by atoms with Crippen molar-refractivity contribution >= 4 is 10.0 Å². The molecule has 1 saturated heterocycles. The zero-order valence-electron chi connectivity index (χ0n) is 14.1. The summed E-state index contributed by atoms with van der Waals surface area (Å²) in [5.41, 5.74) is 0.568. The van der Waals surface area contributed by atoms with Crippen LogP contribution >= 0.6 is 0 Å². The molecule has 0 radical (unpaired) electrons. The van der Waals surface area contributed by atoms with E-state index in [4.69, 9.17) is 0 Å². The van der Waals surface area contributed by atoms with Crippen LogP contribution in [0.3, 0.4) is 0 Å². The predicted octanol–water partition coefficient (Wildman–Crippen LogP) is 2.63. The number of hydrogen-bond acceptors (Lipinski definition) is 4. The Morgan fingerprint density at radius 3 is 2.56 bits per heavy atom. The van der Waals surface area contributed by atoms with Gasteiger partial charge in [0.05, 0.1) is 4.90 Å². The van der Waals surface area contributed by atoms with Crippen molar-refractivity contribution < 1.29 is 12.8 Å². The number of hydrogen-bond donors (Lipinski definition) is 0. The van der Waals surface area contributed by atoms with Crippen LogP contribution in [0.15, 0.2) is 29.4 Å². The normalized spacial score (nSPS) is 20.1. The molecule has 0 bridgehead atoms. The molecule has 1 aromatic heterocycles. The predicted molar refractivity (Wildman–Crippen MR) is 90.2 cm³/mol. The zero-order valence-corrected chi connectivity index (χ0v) is 14.9. The van der Waals surface area contributed by atoms with Gasteiger partial charge in [-0.2, -0.15) is 4.31 Å². The number of aromatic nitrogens is 3. The molecule has 1 aromatic carbocycles. The summed E-state index contributed by atoms with van der Waals surface area (Å²) in [6.07, 6.45) is 5.51. The molecule has 0 N–H and O–H groups in total. The van der Waals surface area contributed by atoms with E-state index in [0.717, 1.165) is 24.7 Å². The molecule has 1 aliphatic heterocycles. The van der Waals surface area contributed by atoms with Gasteiger partial charge in [-0.25, -0.2) is 12.8 Å². The summed E-state index contributed by atoms with van der Waals surface area (Å²) in [5, 5.41) is 8.26. The molecule has 1 aliphatic carbocycles. The Kier molecular flexibility index (Phi) is 4.11. The van der Waals surface area contributed by atoms with Crippen LogP contribution < -0.4 is 0 Å². The maximum Gasteiger partial charge on any atom is 0.243 e. The van der Waals surface area contributed by atoms with Gasteiger partial charge in [0, 0.05) is 25.0 Å². The first kappa shape index (κ1) is 16.7. The van der Waals surface area contributed by atoms with E-state index in [1.165, 1.54) is 16.4 Å². The molecule has 2 aromatic rings.